The summed E-state index contributed by atoms with van der Waals surface area (Å²) in [5.41, 5.74) is -1.38. The summed E-state index contributed by atoms with van der Waals surface area (Å²) in [6.07, 6.45) is -3.12. The van der Waals surface area contributed by atoms with Crippen LogP contribution in [0.15, 0.2) is 68.1 Å². The maximum absolute atomic E-state index is 13.3. The Morgan fingerprint density at radius 2 is 1.30 bits per heavy atom. The number of hydrogen-bond acceptors (Lipinski definition) is 1. The normalized spacial score (nSPS) is 31.6. The van der Waals surface area contributed by atoms with E-state index in [-0.39, 0.29) is 15.6 Å². The smallest absolute Gasteiger partial charge is 0.170 e. The molecule has 0 atom stereocenters. The Morgan fingerprint density at radius 3 is 1.78 bits per heavy atom. The first-order valence-corrected chi connectivity index (χ1v) is 9.65. The number of hydrogen-bond donors (Lipinski definition) is 0. The van der Waals surface area contributed by atoms with Gasteiger partial charge in [0.1, 0.15) is 4.75 Å². The van der Waals surface area contributed by atoms with Crippen LogP contribution in [0.5, 0.6) is 0 Å². The van der Waals surface area contributed by atoms with Crippen LogP contribution in [0.3, 0.4) is 0 Å². The minimum Gasteiger partial charge on any atom is -0.170 e. The first kappa shape index (κ1) is 14.3. The Labute approximate surface area is 139 Å². The molecule has 5 heteroatoms. The predicted molar refractivity (Wildman–Crippen MR) is 86.0 cm³/mol. The van der Waals surface area contributed by atoms with Crippen molar-refractivity contribution in [3.8, 4) is 0 Å². The van der Waals surface area contributed by atoms with Crippen molar-refractivity contribution in [2.45, 2.75) is 49.8 Å². The summed E-state index contributed by atoms with van der Waals surface area (Å²) in [6.45, 7) is 0. The SMILES string of the molecule is FC(F)(F)C12CC([S+]3c4ccccc4Sc4ccccc43)(C1)C2. The van der Waals surface area contributed by atoms with E-state index in [0.29, 0.717) is 19.3 Å². The van der Waals surface area contributed by atoms with Crippen molar-refractivity contribution >= 4 is 22.7 Å². The van der Waals surface area contributed by atoms with Gasteiger partial charge in [-0.25, -0.2) is 0 Å². The number of alkyl halides is 3. The fourth-order valence-corrected chi connectivity index (χ4v) is 9.34. The molecule has 0 spiro atoms. The molecule has 0 N–H and O–H groups in total. The van der Waals surface area contributed by atoms with Crippen molar-refractivity contribution in [3.63, 3.8) is 0 Å². The zero-order chi connectivity index (χ0) is 15.9. The molecule has 0 aromatic heterocycles. The second-order valence-electron chi connectivity index (χ2n) is 6.79. The lowest BCUT2D eigenvalue weighted by Gasteiger charge is -2.67. The fourth-order valence-electron chi connectivity index (χ4n) is 4.32. The molecule has 2 bridgehead atoms. The van der Waals surface area contributed by atoms with Crippen LogP contribution in [0.25, 0.3) is 0 Å². The molecule has 1 aliphatic heterocycles. The number of benzene rings is 2. The van der Waals surface area contributed by atoms with Gasteiger partial charge in [-0.2, -0.15) is 13.2 Å². The van der Waals surface area contributed by atoms with Crippen molar-refractivity contribution in [2.24, 2.45) is 5.41 Å². The number of halogens is 3. The molecule has 3 fully saturated rings. The van der Waals surface area contributed by atoms with Gasteiger partial charge in [0.2, 0.25) is 0 Å². The Bertz CT molecular complexity index is 747. The molecule has 0 radical (unpaired) electrons. The van der Waals surface area contributed by atoms with Gasteiger partial charge >= 0.3 is 6.18 Å². The van der Waals surface area contributed by atoms with Crippen LogP contribution < -0.4 is 0 Å². The van der Waals surface area contributed by atoms with Crippen LogP contribution >= 0.6 is 11.8 Å². The second-order valence-corrected chi connectivity index (χ2v) is 10.2. The van der Waals surface area contributed by atoms with E-state index in [1.54, 1.807) is 11.8 Å². The van der Waals surface area contributed by atoms with E-state index in [1.807, 2.05) is 24.3 Å². The summed E-state index contributed by atoms with van der Waals surface area (Å²) in [7, 11) is -0.234. The average Bonchev–Trinajstić information content (AvgIpc) is 2.42. The van der Waals surface area contributed by atoms with Gasteiger partial charge < -0.3 is 0 Å². The van der Waals surface area contributed by atoms with E-state index in [9.17, 15) is 13.2 Å². The maximum atomic E-state index is 13.3. The third-order valence-electron chi connectivity index (χ3n) is 5.37. The second kappa shape index (κ2) is 4.31. The first-order chi connectivity index (χ1) is 10.9. The topological polar surface area (TPSA) is 0 Å². The Balaban J connectivity index is 1.60. The quantitative estimate of drug-likeness (QED) is 0.596. The maximum Gasteiger partial charge on any atom is 0.395 e. The highest BCUT2D eigenvalue weighted by Gasteiger charge is 2.86. The van der Waals surface area contributed by atoms with E-state index < -0.39 is 11.6 Å². The number of rotatable bonds is 1. The number of fused-ring (bicyclic) bond motifs is 2. The van der Waals surface area contributed by atoms with Crippen molar-refractivity contribution in [1.82, 2.24) is 0 Å². The van der Waals surface area contributed by atoms with Gasteiger partial charge in [-0.15, -0.1) is 0 Å². The van der Waals surface area contributed by atoms with Crippen molar-refractivity contribution in [3.05, 3.63) is 48.5 Å². The average molecular weight is 351 g/mol. The van der Waals surface area contributed by atoms with E-state index in [4.69, 9.17) is 0 Å². The summed E-state index contributed by atoms with van der Waals surface area (Å²) in [6, 6.07) is 16.5. The van der Waals surface area contributed by atoms with Crippen molar-refractivity contribution in [1.29, 1.82) is 0 Å². The minimum absolute atomic E-state index is 0.164. The molecule has 1 heterocycles. The zero-order valence-corrected chi connectivity index (χ0v) is 13.8. The molecule has 118 valence electrons. The molecule has 23 heavy (non-hydrogen) atoms. The Kier molecular flexibility index (Phi) is 2.68. The van der Waals surface area contributed by atoms with E-state index >= 15 is 0 Å². The highest BCUT2D eigenvalue weighted by Crippen LogP contribution is 2.78. The van der Waals surface area contributed by atoms with Crippen molar-refractivity contribution in [2.75, 3.05) is 0 Å². The Morgan fingerprint density at radius 1 is 0.826 bits per heavy atom. The molecule has 4 aliphatic rings. The third-order valence-corrected chi connectivity index (χ3v) is 9.68. The highest BCUT2D eigenvalue weighted by atomic mass is 32.2. The summed E-state index contributed by atoms with van der Waals surface area (Å²) >= 11 is 1.74. The molecule has 0 amide bonds. The van der Waals surface area contributed by atoms with E-state index in [1.165, 1.54) is 19.6 Å². The van der Waals surface area contributed by atoms with Gasteiger partial charge in [0.15, 0.2) is 9.79 Å². The molecule has 2 aromatic rings. The monoisotopic (exact) mass is 351 g/mol. The molecule has 0 saturated heterocycles. The first-order valence-electron chi connectivity index (χ1n) is 7.61. The van der Waals surface area contributed by atoms with Crippen LogP contribution in [-0.2, 0) is 10.9 Å². The molecule has 2 aromatic carbocycles. The predicted octanol–water partition coefficient (Wildman–Crippen LogP) is 5.67. The van der Waals surface area contributed by atoms with E-state index in [0.717, 1.165) is 0 Å². The lowest BCUT2D eigenvalue weighted by atomic mass is 9.43. The summed E-state index contributed by atoms with van der Waals surface area (Å²) in [5.74, 6) is 0. The standard InChI is InChI=1S/C18H14F3S2/c19-18(20,21)16-9-17(10-16,11-16)23-14-7-3-1-5-12(14)22-13-6-2-4-8-15(13)23/h1-8H,9-11H2/q+1. The summed E-state index contributed by atoms with van der Waals surface area (Å²) in [5, 5.41) is 0. The largest absolute Gasteiger partial charge is 0.395 e. The minimum atomic E-state index is -4.04. The molecule has 0 nitrogen and oxygen atoms in total. The Hall–Kier alpha value is -1.07. The van der Waals surface area contributed by atoms with Crippen LogP contribution in [0.1, 0.15) is 19.3 Å². The molecular formula is C18H14F3S2+. The summed E-state index contributed by atoms with van der Waals surface area (Å²) in [4.78, 5) is 4.90. The van der Waals surface area contributed by atoms with Crippen LogP contribution in [0.2, 0.25) is 0 Å². The van der Waals surface area contributed by atoms with Crippen LogP contribution in [-0.4, -0.2) is 10.9 Å². The molecule has 6 rings (SSSR count). The van der Waals surface area contributed by atoms with Gasteiger partial charge in [-0.3, -0.25) is 0 Å². The molecule has 3 saturated carbocycles. The molecular weight excluding hydrogens is 337 g/mol. The lowest BCUT2D eigenvalue weighted by Crippen LogP contribution is -2.75. The summed E-state index contributed by atoms with van der Waals surface area (Å²) < 4.78 is 39.6. The molecule has 3 aliphatic carbocycles. The van der Waals surface area contributed by atoms with Crippen LogP contribution in [0, 0.1) is 5.41 Å². The van der Waals surface area contributed by atoms with Gasteiger partial charge in [-0.1, -0.05) is 36.0 Å². The highest BCUT2D eigenvalue weighted by molar-refractivity contribution is 8.04. The van der Waals surface area contributed by atoms with E-state index in [2.05, 4.69) is 24.3 Å². The zero-order valence-electron chi connectivity index (χ0n) is 12.2. The third kappa shape index (κ3) is 1.73. The lowest BCUT2D eigenvalue weighted by molar-refractivity contribution is -0.313. The van der Waals surface area contributed by atoms with Gasteiger partial charge in [0.05, 0.1) is 26.1 Å². The van der Waals surface area contributed by atoms with Crippen molar-refractivity contribution < 1.29 is 13.2 Å². The van der Waals surface area contributed by atoms with Crippen LogP contribution in [0.4, 0.5) is 13.2 Å². The van der Waals surface area contributed by atoms with Gasteiger partial charge in [0, 0.05) is 19.3 Å². The fraction of sp³-hybridized carbons (Fsp3) is 0.333. The van der Waals surface area contributed by atoms with Gasteiger partial charge in [-0.05, 0) is 24.3 Å². The molecule has 0 unspecified atom stereocenters. The van der Waals surface area contributed by atoms with Gasteiger partial charge in [0.25, 0.3) is 0 Å².